The second-order valence-corrected chi connectivity index (χ2v) is 4.75. The number of hydrogen-bond acceptors (Lipinski definition) is 3. The first-order valence-corrected chi connectivity index (χ1v) is 6.27. The van der Waals surface area contributed by atoms with Crippen molar-refractivity contribution in [2.24, 2.45) is 4.99 Å². The summed E-state index contributed by atoms with van der Waals surface area (Å²) in [4.78, 5) is 4.61. The fourth-order valence-corrected chi connectivity index (χ4v) is 2.19. The topological polar surface area (TPSA) is 30.8 Å². The average Bonchev–Trinajstić information content (AvgIpc) is 2.54. The van der Waals surface area contributed by atoms with Crippen molar-refractivity contribution in [3.05, 3.63) is 57.5 Å². The van der Waals surface area contributed by atoms with Gasteiger partial charge in [-0.05, 0) is 30.3 Å². The quantitative estimate of drug-likeness (QED) is 0.810. The van der Waals surface area contributed by atoms with Crippen LogP contribution in [0.3, 0.4) is 0 Å². The van der Waals surface area contributed by atoms with E-state index >= 15 is 0 Å². The van der Waals surface area contributed by atoms with Crippen molar-refractivity contribution in [2.45, 2.75) is 0 Å². The zero-order valence-electron chi connectivity index (χ0n) is 9.68. The highest BCUT2D eigenvalue weighted by molar-refractivity contribution is 9.10. The molecule has 1 heterocycles. The predicted molar refractivity (Wildman–Crippen MR) is 72.1 cm³/mol. The first-order chi connectivity index (χ1) is 8.78. The molecule has 0 fully saturated rings. The highest BCUT2D eigenvalue weighted by Gasteiger charge is 2.12. The van der Waals surface area contributed by atoms with Gasteiger partial charge in [0.15, 0.2) is 5.75 Å². The molecule has 0 N–H and O–H groups in total. The summed E-state index contributed by atoms with van der Waals surface area (Å²) in [7, 11) is 1.59. The highest BCUT2D eigenvalue weighted by Crippen LogP contribution is 2.32. The number of methoxy groups -OCH3 is 1. The third-order valence-corrected chi connectivity index (χ3v) is 3.17. The van der Waals surface area contributed by atoms with E-state index in [0.29, 0.717) is 11.7 Å². The average molecular weight is 304 g/mol. The van der Waals surface area contributed by atoms with Gasteiger partial charge in [-0.15, -0.1) is 0 Å². The molecule has 1 aliphatic heterocycles. The summed E-state index contributed by atoms with van der Waals surface area (Å²) in [5, 5.41) is 1.69. The fourth-order valence-electron chi connectivity index (χ4n) is 1.84. The smallest absolute Gasteiger partial charge is 0.294 e. The highest BCUT2D eigenvalue weighted by atomic mass is 79.9. The van der Waals surface area contributed by atoms with Crippen LogP contribution in [0.25, 0.3) is 5.95 Å². The maximum Gasteiger partial charge on any atom is 0.294 e. The summed E-state index contributed by atoms with van der Waals surface area (Å²) >= 11 is 3.43. The number of halogens is 1. The van der Waals surface area contributed by atoms with Gasteiger partial charge in [0.05, 0.1) is 17.7 Å². The number of benzene rings is 2. The fraction of sp³-hybridized carbons (Fsp3) is 0.0714. The summed E-state index contributed by atoms with van der Waals surface area (Å²) in [5.41, 5.74) is 0.781. The van der Waals surface area contributed by atoms with Gasteiger partial charge in [0.1, 0.15) is 5.69 Å². The second-order valence-electron chi connectivity index (χ2n) is 3.83. The van der Waals surface area contributed by atoms with Gasteiger partial charge in [-0.3, -0.25) is 0 Å². The molecule has 0 bridgehead atoms. The van der Waals surface area contributed by atoms with Gasteiger partial charge in [0.25, 0.3) is 5.95 Å². The van der Waals surface area contributed by atoms with Crippen LogP contribution < -0.4 is 15.3 Å². The molecule has 0 aliphatic carbocycles. The number of ether oxygens (including phenoxy) is 2. The van der Waals surface area contributed by atoms with E-state index in [0.717, 1.165) is 20.7 Å². The van der Waals surface area contributed by atoms with Gasteiger partial charge in [-0.2, -0.15) is 0 Å². The van der Waals surface area contributed by atoms with Crippen LogP contribution in [-0.2, 0) is 4.74 Å². The molecule has 0 saturated carbocycles. The lowest BCUT2D eigenvalue weighted by molar-refractivity contribution is 0.244. The van der Waals surface area contributed by atoms with Crippen molar-refractivity contribution in [1.82, 2.24) is 0 Å². The molecule has 1 aliphatic rings. The van der Waals surface area contributed by atoms with Crippen molar-refractivity contribution in [2.75, 3.05) is 7.11 Å². The Bertz CT molecular complexity index is 725. The van der Waals surface area contributed by atoms with Crippen LogP contribution in [0.4, 0.5) is 5.69 Å². The molecule has 0 atom stereocenters. The van der Waals surface area contributed by atoms with E-state index in [1.165, 1.54) is 0 Å². The van der Waals surface area contributed by atoms with Crippen LogP contribution in [0.1, 0.15) is 0 Å². The molecule has 4 heteroatoms. The lowest BCUT2D eigenvalue weighted by Crippen LogP contribution is -2.27. The molecule has 2 aromatic carbocycles. The Labute approximate surface area is 113 Å². The normalized spacial score (nSPS) is 12.7. The number of para-hydroxylation sites is 1. The lowest BCUT2D eigenvalue weighted by atomic mass is 10.3. The van der Waals surface area contributed by atoms with Crippen molar-refractivity contribution < 1.29 is 9.47 Å². The van der Waals surface area contributed by atoms with Gasteiger partial charge in [0, 0.05) is 4.47 Å². The van der Waals surface area contributed by atoms with Crippen LogP contribution in [0.2, 0.25) is 0 Å². The second kappa shape index (κ2) is 4.46. The van der Waals surface area contributed by atoms with Crippen LogP contribution in [-0.4, -0.2) is 7.11 Å². The molecular formula is C14H10BrNO2. The third-order valence-electron chi connectivity index (χ3n) is 2.67. The Morgan fingerprint density at radius 2 is 2.00 bits per heavy atom. The molecule has 0 spiro atoms. The van der Waals surface area contributed by atoms with Gasteiger partial charge < -0.3 is 9.47 Å². The molecule has 3 nitrogen and oxygen atoms in total. The molecule has 2 aromatic rings. The molecule has 18 heavy (non-hydrogen) atoms. The molecule has 0 aromatic heterocycles. The number of rotatable bonds is 1. The lowest BCUT2D eigenvalue weighted by Gasteiger charge is -2.08. The Hall–Kier alpha value is -1.81. The maximum absolute atomic E-state index is 5.77. The van der Waals surface area contributed by atoms with E-state index in [4.69, 9.17) is 9.47 Å². The molecule has 3 rings (SSSR count). The predicted octanol–water partition coefficient (Wildman–Crippen LogP) is 2.50. The van der Waals surface area contributed by atoms with Crippen molar-refractivity contribution in [3.8, 4) is 5.75 Å². The van der Waals surface area contributed by atoms with Crippen molar-refractivity contribution >= 4 is 27.6 Å². The van der Waals surface area contributed by atoms with Gasteiger partial charge >= 0.3 is 0 Å². The monoisotopic (exact) mass is 303 g/mol. The van der Waals surface area contributed by atoms with E-state index < -0.39 is 0 Å². The number of fused-ring (bicyclic) bond motifs is 2. The summed E-state index contributed by atoms with van der Waals surface area (Å²) in [6.07, 6.45) is 0. The minimum Gasteiger partial charge on any atom is -0.468 e. The minimum atomic E-state index is 0.468. The Balaban J connectivity index is 2.36. The zero-order chi connectivity index (χ0) is 12.5. The number of nitrogens with zero attached hydrogens (tertiary/aromatic N) is 1. The summed E-state index contributed by atoms with van der Waals surface area (Å²) in [6.45, 7) is 0. The molecule has 90 valence electrons. The summed E-state index contributed by atoms with van der Waals surface area (Å²) < 4.78 is 12.0. The van der Waals surface area contributed by atoms with Crippen LogP contribution >= 0.6 is 15.9 Å². The summed E-state index contributed by atoms with van der Waals surface area (Å²) in [6, 6.07) is 13.4. The maximum atomic E-state index is 5.77. The first kappa shape index (κ1) is 11.3. The standard InChI is InChI=1S/C14H10BrNO2/c1-17-14-10-4-2-3-5-11(10)16-12-8-9(15)6-7-13(12)18-14/h2-8H,1H3. The molecule has 0 amide bonds. The first-order valence-electron chi connectivity index (χ1n) is 5.47. The Morgan fingerprint density at radius 1 is 1.17 bits per heavy atom. The third kappa shape index (κ3) is 1.88. The van der Waals surface area contributed by atoms with Crippen molar-refractivity contribution in [3.63, 3.8) is 0 Å². The van der Waals surface area contributed by atoms with Crippen molar-refractivity contribution in [1.29, 1.82) is 0 Å². The van der Waals surface area contributed by atoms with Crippen LogP contribution in [0, 0.1) is 0 Å². The van der Waals surface area contributed by atoms with E-state index in [2.05, 4.69) is 20.9 Å². The molecule has 0 unspecified atom stereocenters. The van der Waals surface area contributed by atoms with E-state index in [9.17, 15) is 0 Å². The van der Waals surface area contributed by atoms with E-state index in [1.807, 2.05) is 42.5 Å². The zero-order valence-corrected chi connectivity index (χ0v) is 11.3. The molecule has 0 saturated heterocycles. The minimum absolute atomic E-state index is 0.468. The van der Waals surface area contributed by atoms with Gasteiger partial charge in [-0.1, -0.05) is 28.1 Å². The Kier molecular flexibility index (Phi) is 2.80. The largest absolute Gasteiger partial charge is 0.468 e. The van der Waals surface area contributed by atoms with E-state index in [1.54, 1.807) is 7.11 Å². The van der Waals surface area contributed by atoms with Gasteiger partial charge in [-0.25, -0.2) is 4.99 Å². The Morgan fingerprint density at radius 3 is 2.83 bits per heavy atom. The number of hydrogen-bond donors (Lipinski definition) is 0. The summed E-state index contributed by atoms with van der Waals surface area (Å²) in [5.74, 6) is 1.15. The van der Waals surface area contributed by atoms with E-state index in [-0.39, 0.29) is 0 Å². The van der Waals surface area contributed by atoms with Gasteiger partial charge in [0.2, 0.25) is 0 Å². The SMILES string of the molecule is COC1=c2ccccc2=Nc2cc(Br)ccc2O1. The van der Waals surface area contributed by atoms with Crippen LogP contribution in [0.5, 0.6) is 5.75 Å². The van der Waals surface area contributed by atoms with Crippen LogP contribution in [0.15, 0.2) is 51.9 Å². The molecular weight excluding hydrogens is 294 g/mol. The molecule has 0 radical (unpaired) electrons.